The molecule has 15 heavy (non-hydrogen) atoms. The Morgan fingerprint density at radius 3 is 2.40 bits per heavy atom. The van der Waals surface area contributed by atoms with Crippen LogP contribution in [0.2, 0.25) is 0 Å². The molecule has 88 valence electrons. The largest absolute Gasteiger partial charge is 0.301 e. The van der Waals surface area contributed by atoms with E-state index in [1.165, 1.54) is 58.0 Å². The highest BCUT2D eigenvalue weighted by atomic mass is 15.2. The number of unbranched alkanes of at least 4 members (excludes halogenated alkanes) is 4. The van der Waals surface area contributed by atoms with Crippen LogP contribution in [-0.4, -0.2) is 24.0 Å². The van der Waals surface area contributed by atoms with Crippen molar-refractivity contribution >= 4 is 0 Å². The van der Waals surface area contributed by atoms with Gasteiger partial charge < -0.3 is 4.90 Å². The highest BCUT2D eigenvalue weighted by Gasteiger charge is 2.18. The average molecular weight is 210 g/mol. The molecule has 0 aromatic carbocycles. The van der Waals surface area contributed by atoms with Gasteiger partial charge in [0.05, 0.1) is 0 Å². The van der Waals surface area contributed by atoms with Crippen molar-refractivity contribution in [2.75, 3.05) is 13.1 Å². The zero-order valence-electron chi connectivity index (χ0n) is 10.4. The van der Waals surface area contributed by atoms with E-state index in [9.17, 15) is 0 Å². The van der Waals surface area contributed by atoms with Gasteiger partial charge in [-0.1, -0.05) is 32.6 Å². The van der Waals surface area contributed by atoms with Crippen molar-refractivity contribution in [1.82, 2.24) is 4.90 Å². The van der Waals surface area contributed by atoms with E-state index in [0.717, 1.165) is 6.04 Å². The molecule has 0 spiro atoms. The molecule has 1 unspecified atom stereocenters. The maximum absolute atomic E-state index is 6.50. The number of nitriles is 1. The smallest absolute Gasteiger partial charge is 0.0462 e. The molecule has 0 aliphatic carbocycles. The first kappa shape index (κ1) is 14.5. The van der Waals surface area contributed by atoms with Crippen molar-refractivity contribution in [2.45, 2.75) is 64.8 Å². The predicted molar refractivity (Wildman–Crippen MR) is 65.7 cm³/mol. The van der Waals surface area contributed by atoms with Gasteiger partial charge in [-0.25, -0.2) is 5.26 Å². The van der Waals surface area contributed by atoms with Crippen LogP contribution < -0.4 is 0 Å². The SMILES string of the molecule is C#N.CCCCCCCN1CCCC1C. The Morgan fingerprint density at radius 2 is 1.87 bits per heavy atom. The van der Waals surface area contributed by atoms with Gasteiger partial charge in [-0.3, -0.25) is 0 Å². The van der Waals surface area contributed by atoms with Crippen molar-refractivity contribution in [3.05, 3.63) is 0 Å². The Bertz CT molecular complexity index is 154. The van der Waals surface area contributed by atoms with Gasteiger partial charge in [0.1, 0.15) is 0 Å². The van der Waals surface area contributed by atoms with Gasteiger partial charge in [0, 0.05) is 12.6 Å². The summed E-state index contributed by atoms with van der Waals surface area (Å²) in [5.74, 6) is 0. The highest BCUT2D eigenvalue weighted by Crippen LogP contribution is 2.17. The summed E-state index contributed by atoms with van der Waals surface area (Å²) < 4.78 is 0. The van der Waals surface area contributed by atoms with Gasteiger partial charge in [-0.05, 0) is 39.3 Å². The zero-order chi connectivity index (χ0) is 11.5. The molecule has 1 heterocycles. The first-order chi connectivity index (χ1) is 7.34. The summed E-state index contributed by atoms with van der Waals surface area (Å²) in [5.41, 5.74) is 0. The molecule has 1 aliphatic heterocycles. The van der Waals surface area contributed by atoms with Gasteiger partial charge >= 0.3 is 0 Å². The summed E-state index contributed by atoms with van der Waals surface area (Å²) in [6.45, 7) is 10.9. The molecule has 0 saturated carbocycles. The van der Waals surface area contributed by atoms with E-state index in [2.05, 4.69) is 25.3 Å². The average Bonchev–Trinajstić information content (AvgIpc) is 2.67. The van der Waals surface area contributed by atoms with Crippen LogP contribution in [0.1, 0.15) is 58.8 Å². The topological polar surface area (TPSA) is 27.0 Å². The van der Waals surface area contributed by atoms with Crippen molar-refractivity contribution < 1.29 is 0 Å². The monoisotopic (exact) mass is 210 g/mol. The van der Waals surface area contributed by atoms with E-state index in [1.807, 2.05) is 0 Å². The first-order valence-corrected chi connectivity index (χ1v) is 6.34. The molecule has 0 radical (unpaired) electrons. The van der Waals surface area contributed by atoms with Crippen LogP contribution in [0.4, 0.5) is 0 Å². The Hall–Kier alpha value is -0.550. The van der Waals surface area contributed by atoms with Crippen LogP contribution in [0.15, 0.2) is 0 Å². The predicted octanol–water partition coefficient (Wildman–Crippen LogP) is 3.58. The molecule has 1 atom stereocenters. The summed E-state index contributed by atoms with van der Waals surface area (Å²) >= 11 is 0. The molecule has 1 rings (SSSR count). The molecule has 1 fully saturated rings. The van der Waals surface area contributed by atoms with Crippen LogP contribution in [0, 0.1) is 11.8 Å². The van der Waals surface area contributed by atoms with Gasteiger partial charge in [0.2, 0.25) is 0 Å². The minimum absolute atomic E-state index is 0.867. The normalized spacial score (nSPS) is 20.9. The summed E-state index contributed by atoms with van der Waals surface area (Å²) in [6, 6.07) is 0.867. The molecule has 2 heteroatoms. The molecule has 0 amide bonds. The minimum atomic E-state index is 0.867. The summed E-state index contributed by atoms with van der Waals surface area (Å²) in [4.78, 5) is 2.66. The molecule has 0 aromatic rings. The van der Waals surface area contributed by atoms with Crippen LogP contribution in [0.25, 0.3) is 0 Å². The van der Waals surface area contributed by atoms with E-state index in [4.69, 9.17) is 5.26 Å². The van der Waals surface area contributed by atoms with Gasteiger partial charge in [0.25, 0.3) is 0 Å². The lowest BCUT2D eigenvalue weighted by Crippen LogP contribution is -2.27. The molecule has 0 aromatic heterocycles. The minimum Gasteiger partial charge on any atom is -0.301 e. The fraction of sp³-hybridized carbons (Fsp3) is 0.923. The molecule has 1 saturated heterocycles. The second-order valence-electron chi connectivity index (χ2n) is 4.44. The second-order valence-corrected chi connectivity index (χ2v) is 4.44. The molecular formula is C13H26N2. The highest BCUT2D eigenvalue weighted by molar-refractivity contribution is 4.74. The summed E-state index contributed by atoms with van der Waals surface area (Å²) in [5, 5.41) is 6.50. The second kappa shape index (κ2) is 9.98. The van der Waals surface area contributed by atoms with Crippen molar-refractivity contribution in [2.24, 2.45) is 0 Å². The van der Waals surface area contributed by atoms with Gasteiger partial charge in [-0.2, -0.15) is 0 Å². The summed E-state index contributed by atoms with van der Waals surface area (Å²) in [7, 11) is 0. The number of likely N-dealkylation sites (tertiary alicyclic amines) is 1. The van der Waals surface area contributed by atoms with E-state index < -0.39 is 0 Å². The fourth-order valence-electron chi connectivity index (χ4n) is 2.24. The van der Waals surface area contributed by atoms with Crippen LogP contribution in [0.3, 0.4) is 0 Å². The third kappa shape index (κ3) is 6.52. The number of nitrogens with zero attached hydrogens (tertiary/aromatic N) is 2. The Morgan fingerprint density at radius 1 is 1.20 bits per heavy atom. The standard InChI is InChI=1S/C12H25N.CHN/c1-3-4-5-6-7-10-13-11-8-9-12(13)2;1-2/h12H,3-11H2,1-2H3;1H. The Balaban J connectivity index is 0.000000921. The van der Waals surface area contributed by atoms with Crippen molar-refractivity contribution in [1.29, 1.82) is 5.26 Å². The zero-order valence-corrected chi connectivity index (χ0v) is 10.4. The maximum atomic E-state index is 6.50. The van der Waals surface area contributed by atoms with Crippen molar-refractivity contribution in [3.63, 3.8) is 0 Å². The molecule has 0 N–H and O–H groups in total. The lowest BCUT2D eigenvalue weighted by molar-refractivity contribution is 0.262. The quantitative estimate of drug-likeness (QED) is 0.627. The molecule has 0 bridgehead atoms. The number of hydrogen-bond donors (Lipinski definition) is 0. The van der Waals surface area contributed by atoms with Crippen LogP contribution >= 0.6 is 0 Å². The van der Waals surface area contributed by atoms with E-state index in [1.54, 1.807) is 0 Å². The van der Waals surface area contributed by atoms with Crippen LogP contribution in [0.5, 0.6) is 0 Å². The van der Waals surface area contributed by atoms with Crippen LogP contribution in [-0.2, 0) is 0 Å². The van der Waals surface area contributed by atoms with E-state index >= 15 is 0 Å². The number of hydrogen-bond acceptors (Lipinski definition) is 2. The first-order valence-electron chi connectivity index (χ1n) is 6.34. The van der Waals surface area contributed by atoms with Gasteiger partial charge in [0.15, 0.2) is 0 Å². The maximum Gasteiger partial charge on any atom is 0.0462 e. The number of rotatable bonds is 6. The third-order valence-electron chi connectivity index (χ3n) is 3.24. The lowest BCUT2D eigenvalue weighted by atomic mass is 10.1. The summed E-state index contributed by atoms with van der Waals surface area (Å²) in [6.07, 6.45) is 9.95. The third-order valence-corrected chi connectivity index (χ3v) is 3.24. The van der Waals surface area contributed by atoms with E-state index in [0.29, 0.717) is 0 Å². The Labute approximate surface area is 95.3 Å². The molecule has 1 aliphatic rings. The molecule has 2 nitrogen and oxygen atoms in total. The molecular weight excluding hydrogens is 184 g/mol. The van der Waals surface area contributed by atoms with Crippen molar-refractivity contribution in [3.8, 4) is 6.57 Å². The van der Waals surface area contributed by atoms with Gasteiger partial charge in [-0.15, -0.1) is 0 Å². The fourth-order valence-corrected chi connectivity index (χ4v) is 2.24. The van der Waals surface area contributed by atoms with E-state index in [-0.39, 0.29) is 0 Å². The Kier molecular flexibility index (Phi) is 9.62. The lowest BCUT2D eigenvalue weighted by Gasteiger charge is -2.20.